The Bertz CT molecular complexity index is 805. The quantitative estimate of drug-likeness (QED) is 0.908. The summed E-state index contributed by atoms with van der Waals surface area (Å²) in [6, 6.07) is 3.79. The first-order chi connectivity index (χ1) is 12.0. The Hall–Kier alpha value is -2.77. The second kappa shape index (κ2) is 7.00. The lowest BCUT2D eigenvalue weighted by Crippen LogP contribution is -2.40. The molecule has 1 atom stereocenters. The highest BCUT2D eigenvalue weighted by atomic mass is 19.1. The fourth-order valence-electron chi connectivity index (χ4n) is 3.20. The number of hydrogen-bond acceptors (Lipinski definition) is 4. The van der Waals surface area contributed by atoms with Gasteiger partial charge >= 0.3 is 5.97 Å². The molecule has 2 heterocycles. The molecule has 0 bridgehead atoms. The number of carboxylic acids is 1. The number of halogens is 1. The van der Waals surface area contributed by atoms with Gasteiger partial charge in [0.2, 0.25) is 5.91 Å². The van der Waals surface area contributed by atoms with E-state index in [2.05, 4.69) is 10.2 Å². The molecule has 1 amide bonds. The predicted molar refractivity (Wildman–Crippen MR) is 86.6 cm³/mol. The van der Waals surface area contributed by atoms with Crippen LogP contribution in [-0.2, 0) is 18.3 Å². The molecule has 1 unspecified atom stereocenters. The number of carboxylic acid groups (broad SMARTS) is 1. The normalized spacial score (nSPS) is 17.5. The van der Waals surface area contributed by atoms with Crippen LogP contribution in [0, 0.1) is 5.82 Å². The van der Waals surface area contributed by atoms with Crippen molar-refractivity contribution in [2.75, 3.05) is 13.1 Å². The summed E-state index contributed by atoms with van der Waals surface area (Å²) in [7, 11) is 1.88. The van der Waals surface area contributed by atoms with Crippen molar-refractivity contribution in [2.24, 2.45) is 7.05 Å². The van der Waals surface area contributed by atoms with Gasteiger partial charge in [-0.2, -0.15) is 0 Å². The van der Waals surface area contributed by atoms with Crippen molar-refractivity contribution in [3.05, 3.63) is 47.3 Å². The van der Waals surface area contributed by atoms with Crippen LogP contribution in [0.25, 0.3) is 0 Å². The Morgan fingerprint density at radius 2 is 2.20 bits per heavy atom. The van der Waals surface area contributed by atoms with Gasteiger partial charge in [0.15, 0.2) is 0 Å². The highest BCUT2D eigenvalue weighted by Crippen LogP contribution is 2.25. The van der Waals surface area contributed by atoms with Crippen molar-refractivity contribution >= 4 is 11.9 Å². The first-order valence-electron chi connectivity index (χ1n) is 8.09. The van der Waals surface area contributed by atoms with Gasteiger partial charge in [-0.05, 0) is 30.5 Å². The van der Waals surface area contributed by atoms with Gasteiger partial charge in [0.25, 0.3) is 0 Å². The first kappa shape index (κ1) is 17.1. The molecule has 1 aliphatic rings. The highest BCUT2D eigenvalue weighted by molar-refractivity contribution is 5.88. The third-order valence-electron chi connectivity index (χ3n) is 4.50. The molecule has 1 N–H and O–H groups in total. The number of hydrogen-bond donors (Lipinski definition) is 1. The molecule has 0 saturated carbocycles. The van der Waals surface area contributed by atoms with Crippen molar-refractivity contribution in [3.8, 4) is 0 Å². The zero-order valence-corrected chi connectivity index (χ0v) is 13.9. The van der Waals surface area contributed by atoms with Crippen LogP contribution in [0.3, 0.4) is 0 Å². The molecule has 0 radical (unpaired) electrons. The molecule has 0 aliphatic carbocycles. The number of aromatic nitrogens is 3. The summed E-state index contributed by atoms with van der Waals surface area (Å²) in [5.41, 5.74) is 0.0739. The van der Waals surface area contributed by atoms with E-state index in [1.165, 1.54) is 12.1 Å². The lowest BCUT2D eigenvalue weighted by Gasteiger charge is -2.32. The molecular weight excluding hydrogens is 327 g/mol. The number of benzene rings is 1. The fourth-order valence-corrected chi connectivity index (χ4v) is 3.20. The summed E-state index contributed by atoms with van der Waals surface area (Å²) in [6.45, 7) is 1.21. The number of amides is 1. The van der Waals surface area contributed by atoms with Crippen LogP contribution >= 0.6 is 0 Å². The monoisotopic (exact) mass is 346 g/mol. The summed E-state index contributed by atoms with van der Waals surface area (Å²) in [6.07, 6.45) is 3.50. The zero-order chi connectivity index (χ0) is 18.0. The van der Waals surface area contributed by atoms with Crippen molar-refractivity contribution in [1.29, 1.82) is 0 Å². The zero-order valence-electron chi connectivity index (χ0n) is 13.9. The number of aryl methyl sites for hydroxylation is 1. The van der Waals surface area contributed by atoms with Gasteiger partial charge in [-0.15, -0.1) is 10.2 Å². The van der Waals surface area contributed by atoms with E-state index in [0.717, 1.165) is 24.7 Å². The lowest BCUT2D eigenvalue weighted by atomic mass is 9.96. The van der Waals surface area contributed by atoms with Gasteiger partial charge < -0.3 is 14.6 Å². The number of carbonyl (C=O) groups is 2. The molecule has 1 aliphatic heterocycles. The van der Waals surface area contributed by atoms with Crippen LogP contribution in [-0.4, -0.2) is 49.7 Å². The van der Waals surface area contributed by atoms with Crippen LogP contribution in [0.5, 0.6) is 0 Å². The maximum Gasteiger partial charge on any atom is 0.338 e. The number of piperidine rings is 1. The number of rotatable bonds is 4. The topological polar surface area (TPSA) is 88.3 Å². The first-order valence-corrected chi connectivity index (χ1v) is 8.09. The van der Waals surface area contributed by atoms with E-state index in [0.29, 0.717) is 18.7 Å². The van der Waals surface area contributed by atoms with Crippen molar-refractivity contribution < 1.29 is 19.1 Å². The predicted octanol–water partition coefficient (Wildman–Crippen LogP) is 1.60. The number of carbonyl (C=O) groups excluding carboxylic acids is 1. The maximum absolute atomic E-state index is 13.8. The van der Waals surface area contributed by atoms with Crippen LogP contribution < -0.4 is 0 Å². The molecule has 8 heteroatoms. The molecule has 132 valence electrons. The average Bonchev–Trinajstić information content (AvgIpc) is 3.01. The van der Waals surface area contributed by atoms with Crippen molar-refractivity contribution in [2.45, 2.75) is 25.2 Å². The number of nitrogens with zero attached hydrogens (tertiary/aromatic N) is 4. The summed E-state index contributed by atoms with van der Waals surface area (Å²) in [5, 5.41) is 16.9. The minimum Gasteiger partial charge on any atom is -0.478 e. The van der Waals surface area contributed by atoms with Crippen molar-refractivity contribution in [3.63, 3.8) is 0 Å². The Balaban J connectivity index is 1.68. The fraction of sp³-hybridized carbons (Fsp3) is 0.412. The standard InChI is InChI=1S/C17H19FN4O3/c1-21-10-19-20-16(21)12-3-2-6-22(9-12)15(23)8-11-4-5-13(17(24)25)14(18)7-11/h4-5,7,10,12H,2-3,6,8-9H2,1H3,(H,24,25). The van der Waals surface area contributed by atoms with Gasteiger partial charge in [-0.1, -0.05) is 6.07 Å². The minimum atomic E-state index is -1.32. The van der Waals surface area contributed by atoms with Gasteiger partial charge in [0.05, 0.1) is 12.0 Å². The second-order valence-electron chi connectivity index (χ2n) is 6.28. The molecule has 7 nitrogen and oxygen atoms in total. The Kier molecular flexibility index (Phi) is 4.78. The van der Waals surface area contributed by atoms with Crippen LogP contribution in [0.15, 0.2) is 24.5 Å². The third-order valence-corrected chi connectivity index (χ3v) is 4.50. The Morgan fingerprint density at radius 1 is 1.40 bits per heavy atom. The van der Waals surface area contributed by atoms with E-state index in [1.54, 1.807) is 11.2 Å². The van der Waals surface area contributed by atoms with Gasteiger partial charge in [0.1, 0.15) is 18.0 Å². The van der Waals surface area contributed by atoms with Crippen LogP contribution in [0.1, 0.15) is 40.5 Å². The SMILES string of the molecule is Cn1cnnc1C1CCCN(C(=O)Cc2ccc(C(=O)O)c(F)c2)C1. The molecule has 3 rings (SSSR count). The summed E-state index contributed by atoms with van der Waals surface area (Å²) in [5.74, 6) is -1.26. The van der Waals surface area contributed by atoms with E-state index < -0.39 is 17.3 Å². The molecule has 1 aromatic heterocycles. The molecular formula is C17H19FN4O3. The van der Waals surface area contributed by atoms with E-state index in [4.69, 9.17) is 5.11 Å². The second-order valence-corrected chi connectivity index (χ2v) is 6.28. The largest absolute Gasteiger partial charge is 0.478 e. The molecule has 1 aromatic carbocycles. The summed E-state index contributed by atoms with van der Waals surface area (Å²) < 4.78 is 15.6. The summed E-state index contributed by atoms with van der Waals surface area (Å²) >= 11 is 0. The number of likely N-dealkylation sites (tertiary alicyclic amines) is 1. The van der Waals surface area contributed by atoms with Gasteiger partial charge in [0, 0.05) is 26.1 Å². The Morgan fingerprint density at radius 3 is 2.84 bits per heavy atom. The van der Waals surface area contributed by atoms with Gasteiger partial charge in [-0.25, -0.2) is 9.18 Å². The highest BCUT2D eigenvalue weighted by Gasteiger charge is 2.27. The van der Waals surface area contributed by atoms with Crippen molar-refractivity contribution in [1.82, 2.24) is 19.7 Å². The molecule has 1 fully saturated rings. The van der Waals surface area contributed by atoms with E-state index in [-0.39, 0.29) is 18.2 Å². The van der Waals surface area contributed by atoms with Crippen LogP contribution in [0.2, 0.25) is 0 Å². The third kappa shape index (κ3) is 3.67. The van der Waals surface area contributed by atoms with E-state index in [9.17, 15) is 14.0 Å². The van der Waals surface area contributed by atoms with E-state index >= 15 is 0 Å². The molecule has 0 spiro atoms. The smallest absolute Gasteiger partial charge is 0.338 e. The number of aromatic carboxylic acids is 1. The lowest BCUT2D eigenvalue weighted by molar-refractivity contribution is -0.131. The van der Waals surface area contributed by atoms with Crippen LogP contribution in [0.4, 0.5) is 4.39 Å². The Labute approximate surface area is 144 Å². The summed E-state index contributed by atoms with van der Waals surface area (Å²) in [4.78, 5) is 25.1. The maximum atomic E-state index is 13.8. The molecule has 25 heavy (non-hydrogen) atoms. The molecule has 2 aromatic rings. The minimum absolute atomic E-state index is 0.0440. The molecule has 1 saturated heterocycles. The van der Waals surface area contributed by atoms with Gasteiger partial charge in [-0.3, -0.25) is 4.79 Å². The van der Waals surface area contributed by atoms with E-state index in [1.807, 2.05) is 11.6 Å². The average molecular weight is 346 g/mol.